The molecule has 0 radical (unpaired) electrons. The number of aromatic nitrogens is 2. The van der Waals surface area contributed by atoms with Gasteiger partial charge in [0.2, 0.25) is 5.91 Å². The van der Waals surface area contributed by atoms with Gasteiger partial charge in [0, 0.05) is 30.2 Å². The van der Waals surface area contributed by atoms with Crippen molar-refractivity contribution in [3.63, 3.8) is 0 Å². The second-order valence-electron chi connectivity index (χ2n) is 7.71. The van der Waals surface area contributed by atoms with E-state index in [-0.39, 0.29) is 24.9 Å². The maximum absolute atomic E-state index is 12.6. The molecule has 2 aromatic heterocycles. The first-order valence-corrected chi connectivity index (χ1v) is 11.6. The third-order valence-corrected chi connectivity index (χ3v) is 6.69. The van der Waals surface area contributed by atoms with Crippen molar-refractivity contribution in [1.82, 2.24) is 20.2 Å². The molecular weight excluding hydrogens is 452 g/mol. The number of thiophene rings is 1. The Hall–Kier alpha value is -3.97. The minimum atomic E-state index is -0.203. The van der Waals surface area contributed by atoms with E-state index in [1.165, 1.54) is 11.3 Å². The highest BCUT2D eigenvalue weighted by atomic mass is 32.1. The van der Waals surface area contributed by atoms with Gasteiger partial charge in [0.15, 0.2) is 0 Å². The average Bonchev–Trinajstić information content (AvgIpc) is 3.22. The van der Waals surface area contributed by atoms with Crippen molar-refractivity contribution in [2.24, 2.45) is 0 Å². The van der Waals surface area contributed by atoms with Crippen molar-refractivity contribution in [3.8, 4) is 11.8 Å². The van der Waals surface area contributed by atoms with Crippen LogP contribution >= 0.6 is 11.3 Å². The molecule has 1 aliphatic rings. The summed E-state index contributed by atoms with van der Waals surface area (Å²) >= 11 is 1.36. The van der Waals surface area contributed by atoms with Gasteiger partial charge >= 0.3 is 6.03 Å². The van der Waals surface area contributed by atoms with E-state index in [1.54, 1.807) is 30.6 Å². The van der Waals surface area contributed by atoms with Crippen molar-refractivity contribution < 1.29 is 14.3 Å². The maximum Gasteiger partial charge on any atom is 0.318 e. The summed E-state index contributed by atoms with van der Waals surface area (Å²) in [4.78, 5) is 36.0. The lowest BCUT2D eigenvalue weighted by atomic mass is 10.0. The normalized spacial score (nSPS) is 12.4. The monoisotopic (exact) mass is 476 g/mol. The summed E-state index contributed by atoms with van der Waals surface area (Å²) in [6.45, 7) is 1.17. The molecule has 0 spiro atoms. The number of carbonyl (C=O) groups is 2. The van der Waals surface area contributed by atoms with Crippen molar-refractivity contribution in [2.45, 2.75) is 32.4 Å². The third-order valence-electron chi connectivity index (χ3n) is 5.56. The fourth-order valence-corrected chi connectivity index (χ4v) is 5.06. The van der Waals surface area contributed by atoms with Crippen molar-refractivity contribution >= 4 is 28.3 Å². The Balaban J connectivity index is 1.37. The number of benzene rings is 1. The van der Waals surface area contributed by atoms with Crippen LogP contribution < -0.4 is 15.4 Å². The van der Waals surface area contributed by atoms with E-state index in [4.69, 9.17) is 4.74 Å². The molecule has 0 atom stereocenters. The molecule has 3 amide bonds. The summed E-state index contributed by atoms with van der Waals surface area (Å²) in [5, 5.41) is 16.0. The minimum Gasteiger partial charge on any atom is -0.496 e. The number of amides is 3. The summed E-state index contributed by atoms with van der Waals surface area (Å²) in [6.07, 6.45) is 6.12. The third kappa shape index (κ3) is 5.32. The molecule has 0 unspecified atom stereocenters. The van der Waals surface area contributed by atoms with Gasteiger partial charge < -0.3 is 20.3 Å². The summed E-state index contributed by atoms with van der Waals surface area (Å²) in [6, 6.07) is 9.62. The fraction of sp³-hybridized carbons (Fsp3) is 0.292. The van der Waals surface area contributed by atoms with Gasteiger partial charge in [-0.1, -0.05) is 18.2 Å². The maximum atomic E-state index is 12.6. The molecule has 34 heavy (non-hydrogen) atoms. The molecule has 4 rings (SSSR count). The highest BCUT2D eigenvalue weighted by Crippen LogP contribution is 2.36. The highest BCUT2D eigenvalue weighted by molar-refractivity contribution is 7.16. The van der Waals surface area contributed by atoms with Crippen LogP contribution in [0.25, 0.3) is 0 Å². The van der Waals surface area contributed by atoms with Crippen molar-refractivity contribution in [1.29, 1.82) is 5.26 Å². The standard InChI is InChI=1S/C24H24N6O3S/c1-33-20-5-3-2-4-16(20)6-7-22(31)29-23-19(12-25)18-8-11-30(15-21(18)34-23)24(32)28-14-17-13-26-9-10-27-17/h2-5,9-10,13H,6-8,11,14-15H2,1H3,(H,28,32)(H,29,31). The van der Waals surface area contributed by atoms with Crippen LogP contribution in [0.3, 0.4) is 0 Å². The van der Waals surface area contributed by atoms with Crippen LogP contribution in [0.5, 0.6) is 5.75 Å². The van der Waals surface area contributed by atoms with Crippen LogP contribution in [-0.4, -0.2) is 40.5 Å². The smallest absolute Gasteiger partial charge is 0.318 e. The first-order chi connectivity index (χ1) is 16.6. The molecule has 174 valence electrons. The molecular formula is C24H24N6O3S. The van der Waals surface area contributed by atoms with Gasteiger partial charge in [-0.2, -0.15) is 5.26 Å². The van der Waals surface area contributed by atoms with Crippen molar-refractivity contribution in [3.05, 3.63) is 70.1 Å². The predicted octanol–water partition coefficient (Wildman–Crippen LogP) is 3.26. The first-order valence-electron chi connectivity index (χ1n) is 10.8. The molecule has 0 saturated carbocycles. The second-order valence-corrected chi connectivity index (χ2v) is 8.81. The topological polar surface area (TPSA) is 120 Å². The van der Waals surface area contributed by atoms with Crippen LogP contribution in [-0.2, 0) is 30.7 Å². The number of carbonyl (C=O) groups excluding carboxylic acids is 2. The van der Waals surface area contributed by atoms with E-state index >= 15 is 0 Å². The lowest BCUT2D eigenvalue weighted by Crippen LogP contribution is -2.42. The Morgan fingerprint density at radius 3 is 2.91 bits per heavy atom. The number of methoxy groups -OCH3 is 1. The summed E-state index contributed by atoms with van der Waals surface area (Å²) < 4.78 is 5.34. The summed E-state index contributed by atoms with van der Waals surface area (Å²) in [7, 11) is 1.60. The Labute approximate surface area is 201 Å². The van der Waals surface area contributed by atoms with E-state index < -0.39 is 0 Å². The van der Waals surface area contributed by atoms with Gasteiger partial charge in [-0.3, -0.25) is 14.8 Å². The number of urea groups is 1. The Morgan fingerprint density at radius 2 is 2.15 bits per heavy atom. The van der Waals surface area contributed by atoms with Crippen LogP contribution in [0.2, 0.25) is 0 Å². The number of hydrogen-bond acceptors (Lipinski definition) is 7. The Kier molecular flexibility index (Phi) is 7.34. The molecule has 3 heterocycles. The molecule has 10 heteroatoms. The van der Waals surface area contributed by atoms with E-state index in [0.717, 1.165) is 21.8 Å². The molecule has 0 aliphatic carbocycles. The molecule has 1 aliphatic heterocycles. The van der Waals surface area contributed by atoms with Gasteiger partial charge in [-0.15, -0.1) is 11.3 Å². The molecule has 9 nitrogen and oxygen atoms in total. The van der Waals surface area contributed by atoms with Crippen LogP contribution in [0.1, 0.15) is 33.7 Å². The number of rotatable bonds is 7. The molecule has 2 N–H and O–H groups in total. The number of hydrogen-bond donors (Lipinski definition) is 2. The number of nitrogens with zero attached hydrogens (tertiary/aromatic N) is 4. The summed E-state index contributed by atoms with van der Waals surface area (Å²) in [5.41, 5.74) is 3.03. The van der Waals surface area contributed by atoms with Gasteiger partial charge in [-0.25, -0.2) is 4.79 Å². The molecule has 0 bridgehead atoms. The first kappa shape index (κ1) is 23.2. The van der Waals surface area contributed by atoms with Gasteiger partial charge in [0.25, 0.3) is 0 Å². The molecule has 1 aromatic carbocycles. The number of aryl methyl sites for hydroxylation is 1. The number of para-hydroxylation sites is 1. The number of nitriles is 1. The SMILES string of the molecule is COc1ccccc1CCC(=O)Nc1sc2c(c1C#N)CCN(C(=O)NCc1cnccn1)C2. The zero-order valence-corrected chi connectivity index (χ0v) is 19.5. The Morgan fingerprint density at radius 1 is 1.29 bits per heavy atom. The number of nitrogens with one attached hydrogen (secondary N) is 2. The number of fused-ring (bicyclic) bond motifs is 1. The van der Waals surface area contributed by atoms with E-state index in [1.807, 2.05) is 24.3 Å². The average molecular weight is 477 g/mol. The second kappa shape index (κ2) is 10.8. The van der Waals surface area contributed by atoms with Crippen molar-refractivity contribution in [2.75, 3.05) is 19.0 Å². The molecule has 0 fully saturated rings. The van der Waals surface area contributed by atoms with E-state index in [2.05, 4.69) is 26.7 Å². The Bertz CT molecular complexity index is 1220. The van der Waals surface area contributed by atoms with Crippen LogP contribution in [0, 0.1) is 11.3 Å². The number of ether oxygens (including phenoxy) is 1. The number of anilines is 1. The zero-order valence-electron chi connectivity index (χ0n) is 18.7. The zero-order chi connectivity index (χ0) is 23.9. The fourth-order valence-electron chi connectivity index (χ4n) is 3.83. The van der Waals surface area contributed by atoms with Gasteiger partial charge in [0.05, 0.1) is 37.7 Å². The largest absolute Gasteiger partial charge is 0.496 e. The lowest BCUT2D eigenvalue weighted by Gasteiger charge is -2.27. The highest BCUT2D eigenvalue weighted by Gasteiger charge is 2.27. The lowest BCUT2D eigenvalue weighted by molar-refractivity contribution is -0.116. The minimum absolute atomic E-state index is 0.167. The van der Waals surface area contributed by atoms with Gasteiger partial charge in [-0.05, 0) is 30.0 Å². The summed E-state index contributed by atoms with van der Waals surface area (Å²) in [5.74, 6) is 0.580. The predicted molar refractivity (Wildman–Crippen MR) is 127 cm³/mol. The quantitative estimate of drug-likeness (QED) is 0.540. The van der Waals surface area contributed by atoms with Crippen LogP contribution in [0.4, 0.5) is 9.80 Å². The molecule has 0 saturated heterocycles. The van der Waals surface area contributed by atoms with E-state index in [9.17, 15) is 14.9 Å². The van der Waals surface area contributed by atoms with E-state index in [0.29, 0.717) is 42.2 Å². The van der Waals surface area contributed by atoms with Crippen LogP contribution in [0.15, 0.2) is 42.9 Å². The molecule has 3 aromatic rings. The van der Waals surface area contributed by atoms with Gasteiger partial charge in [0.1, 0.15) is 16.8 Å².